The van der Waals surface area contributed by atoms with Gasteiger partial charge >= 0.3 is 0 Å². The summed E-state index contributed by atoms with van der Waals surface area (Å²) in [7, 11) is 0. The first-order chi connectivity index (χ1) is 7.16. The molecule has 1 aromatic heterocycles. The molecule has 1 amide bonds. The van der Waals surface area contributed by atoms with Gasteiger partial charge in [-0.2, -0.15) is 0 Å². The fraction of sp³-hybridized carbons (Fsp3) is 0.400. The lowest BCUT2D eigenvalue weighted by atomic mass is 10.3. The molecule has 1 aliphatic heterocycles. The maximum Gasteiger partial charge on any atom is 0.272 e. The normalized spacial score (nSPS) is 20.6. The van der Waals surface area contributed by atoms with Crippen molar-refractivity contribution in [3.05, 3.63) is 23.9 Å². The molecule has 0 radical (unpaired) electrons. The maximum absolute atomic E-state index is 11.8. The molecule has 15 heavy (non-hydrogen) atoms. The first kappa shape index (κ1) is 9.92. The van der Waals surface area contributed by atoms with Crippen LogP contribution in [-0.4, -0.2) is 40.1 Å². The molecule has 5 heteroatoms. The minimum atomic E-state index is -0.407. The number of nitrogens with zero attached hydrogens (tertiary/aromatic N) is 2. The number of aliphatic hydroxyl groups excluding tert-OH is 1. The second-order valence-corrected chi connectivity index (χ2v) is 3.64. The van der Waals surface area contributed by atoms with Crippen molar-refractivity contribution in [2.24, 2.45) is 0 Å². The van der Waals surface area contributed by atoms with Gasteiger partial charge in [0.15, 0.2) is 0 Å². The summed E-state index contributed by atoms with van der Waals surface area (Å²) in [5.74, 6) is 0.166. The van der Waals surface area contributed by atoms with E-state index >= 15 is 0 Å². The van der Waals surface area contributed by atoms with Gasteiger partial charge in [-0.1, -0.05) is 6.07 Å². The van der Waals surface area contributed by atoms with Gasteiger partial charge in [-0.15, -0.1) is 0 Å². The van der Waals surface area contributed by atoms with Gasteiger partial charge in [0.1, 0.15) is 11.5 Å². The van der Waals surface area contributed by atoms with E-state index in [4.69, 9.17) is 5.73 Å². The largest absolute Gasteiger partial charge is 0.391 e. The highest BCUT2D eigenvalue weighted by Crippen LogP contribution is 2.12. The van der Waals surface area contributed by atoms with Gasteiger partial charge in [0.25, 0.3) is 5.91 Å². The number of rotatable bonds is 1. The van der Waals surface area contributed by atoms with E-state index in [1.807, 2.05) is 0 Å². The molecule has 1 aliphatic rings. The molecule has 0 aliphatic carbocycles. The molecule has 1 aromatic rings. The number of anilines is 1. The van der Waals surface area contributed by atoms with Crippen molar-refractivity contribution in [2.45, 2.75) is 12.5 Å². The monoisotopic (exact) mass is 207 g/mol. The van der Waals surface area contributed by atoms with Crippen LogP contribution in [0.2, 0.25) is 0 Å². The lowest BCUT2D eigenvalue weighted by Crippen LogP contribution is -2.30. The molecule has 80 valence electrons. The molecule has 1 fully saturated rings. The number of aromatic nitrogens is 1. The summed E-state index contributed by atoms with van der Waals surface area (Å²) >= 11 is 0. The van der Waals surface area contributed by atoms with Crippen LogP contribution in [0.5, 0.6) is 0 Å². The Kier molecular flexibility index (Phi) is 2.55. The summed E-state index contributed by atoms with van der Waals surface area (Å²) in [5.41, 5.74) is 5.83. The highest BCUT2D eigenvalue weighted by molar-refractivity contribution is 5.92. The Hall–Kier alpha value is -1.62. The molecule has 2 heterocycles. The SMILES string of the molecule is Nc1cccc(C(=O)N2CCC(O)C2)n1. The van der Waals surface area contributed by atoms with Gasteiger partial charge in [-0.3, -0.25) is 4.79 Å². The van der Waals surface area contributed by atoms with Gasteiger partial charge in [0, 0.05) is 13.1 Å². The standard InChI is InChI=1S/C10H13N3O2/c11-9-3-1-2-8(12-9)10(15)13-5-4-7(14)6-13/h1-3,7,14H,4-6H2,(H2,11,12). The third kappa shape index (κ3) is 2.07. The highest BCUT2D eigenvalue weighted by Gasteiger charge is 2.25. The highest BCUT2D eigenvalue weighted by atomic mass is 16.3. The zero-order valence-corrected chi connectivity index (χ0v) is 8.26. The predicted octanol–water partition coefficient (Wildman–Crippen LogP) is -0.129. The molecule has 1 saturated heterocycles. The molecule has 0 saturated carbocycles. The van der Waals surface area contributed by atoms with Crippen LogP contribution in [0, 0.1) is 0 Å². The number of nitrogen functional groups attached to an aromatic ring is 1. The van der Waals surface area contributed by atoms with Gasteiger partial charge in [-0.25, -0.2) is 4.98 Å². The lowest BCUT2D eigenvalue weighted by molar-refractivity contribution is 0.0759. The first-order valence-electron chi connectivity index (χ1n) is 4.86. The number of likely N-dealkylation sites (tertiary alicyclic amines) is 1. The molecule has 0 aromatic carbocycles. The lowest BCUT2D eigenvalue weighted by Gasteiger charge is -2.14. The quantitative estimate of drug-likeness (QED) is 0.672. The van der Waals surface area contributed by atoms with Gasteiger partial charge in [0.2, 0.25) is 0 Å². The van der Waals surface area contributed by atoms with Crippen molar-refractivity contribution in [2.75, 3.05) is 18.8 Å². The van der Waals surface area contributed by atoms with E-state index in [9.17, 15) is 9.90 Å². The molecule has 1 unspecified atom stereocenters. The van der Waals surface area contributed by atoms with Crippen molar-refractivity contribution in [3.63, 3.8) is 0 Å². The molecular weight excluding hydrogens is 194 g/mol. The summed E-state index contributed by atoms with van der Waals surface area (Å²) in [5, 5.41) is 9.31. The van der Waals surface area contributed by atoms with Crippen LogP contribution >= 0.6 is 0 Å². The van der Waals surface area contributed by atoms with E-state index in [-0.39, 0.29) is 5.91 Å². The molecule has 3 N–H and O–H groups in total. The Morgan fingerprint density at radius 3 is 3.00 bits per heavy atom. The minimum absolute atomic E-state index is 0.168. The number of β-amino-alcohol motifs (C(OH)–C–C–N with tert-alkyl or cyclic N) is 1. The van der Waals surface area contributed by atoms with Gasteiger partial charge in [0.05, 0.1) is 6.10 Å². The van der Waals surface area contributed by atoms with Crippen molar-refractivity contribution in [1.29, 1.82) is 0 Å². The fourth-order valence-electron chi connectivity index (χ4n) is 1.66. The van der Waals surface area contributed by atoms with Crippen molar-refractivity contribution in [3.8, 4) is 0 Å². The molecule has 5 nitrogen and oxygen atoms in total. The Morgan fingerprint density at radius 2 is 2.40 bits per heavy atom. The number of aliphatic hydroxyl groups is 1. The summed E-state index contributed by atoms with van der Waals surface area (Å²) in [6.45, 7) is 0.964. The zero-order valence-electron chi connectivity index (χ0n) is 8.26. The molecule has 0 bridgehead atoms. The number of pyridine rings is 1. The van der Waals surface area contributed by atoms with Crippen molar-refractivity contribution < 1.29 is 9.90 Å². The summed E-state index contributed by atoms with van der Waals surface area (Å²) in [4.78, 5) is 17.4. The summed E-state index contributed by atoms with van der Waals surface area (Å²) in [6.07, 6.45) is 0.226. The Bertz CT molecular complexity index is 381. The van der Waals surface area contributed by atoms with E-state index in [1.54, 1.807) is 23.1 Å². The van der Waals surface area contributed by atoms with Crippen LogP contribution in [0.4, 0.5) is 5.82 Å². The smallest absolute Gasteiger partial charge is 0.272 e. The molecule has 1 atom stereocenters. The van der Waals surface area contributed by atoms with Crippen molar-refractivity contribution >= 4 is 11.7 Å². The number of amides is 1. The topological polar surface area (TPSA) is 79.5 Å². The molecule has 0 spiro atoms. The third-order valence-electron chi connectivity index (χ3n) is 2.44. The van der Waals surface area contributed by atoms with Gasteiger partial charge in [-0.05, 0) is 18.6 Å². The van der Waals surface area contributed by atoms with Crippen LogP contribution < -0.4 is 5.73 Å². The number of hydrogen-bond acceptors (Lipinski definition) is 4. The average Bonchev–Trinajstić information content (AvgIpc) is 2.64. The number of nitrogens with two attached hydrogens (primary N) is 1. The molecule has 2 rings (SSSR count). The van der Waals surface area contributed by atoms with Crippen LogP contribution in [0.3, 0.4) is 0 Å². The Morgan fingerprint density at radius 1 is 1.60 bits per heavy atom. The number of carbonyl (C=O) groups is 1. The second-order valence-electron chi connectivity index (χ2n) is 3.64. The zero-order chi connectivity index (χ0) is 10.8. The van der Waals surface area contributed by atoms with Crippen LogP contribution in [0.25, 0.3) is 0 Å². The second kappa shape index (κ2) is 3.86. The summed E-state index contributed by atoms with van der Waals surface area (Å²) in [6, 6.07) is 4.96. The maximum atomic E-state index is 11.8. The van der Waals surface area contributed by atoms with E-state index in [0.29, 0.717) is 31.0 Å². The Balaban J connectivity index is 2.14. The van der Waals surface area contributed by atoms with E-state index in [0.717, 1.165) is 0 Å². The van der Waals surface area contributed by atoms with Crippen LogP contribution in [-0.2, 0) is 0 Å². The first-order valence-corrected chi connectivity index (χ1v) is 4.86. The number of hydrogen-bond donors (Lipinski definition) is 2. The van der Waals surface area contributed by atoms with Crippen LogP contribution in [0.15, 0.2) is 18.2 Å². The molecular formula is C10H13N3O2. The fourth-order valence-corrected chi connectivity index (χ4v) is 1.66. The van der Waals surface area contributed by atoms with Gasteiger partial charge < -0.3 is 15.7 Å². The predicted molar refractivity (Wildman–Crippen MR) is 55.2 cm³/mol. The summed E-state index contributed by atoms with van der Waals surface area (Å²) < 4.78 is 0. The van der Waals surface area contributed by atoms with Crippen molar-refractivity contribution in [1.82, 2.24) is 9.88 Å². The van der Waals surface area contributed by atoms with Crippen LogP contribution in [0.1, 0.15) is 16.9 Å². The van der Waals surface area contributed by atoms with E-state index in [2.05, 4.69) is 4.98 Å². The van der Waals surface area contributed by atoms with E-state index < -0.39 is 6.10 Å². The average molecular weight is 207 g/mol. The van der Waals surface area contributed by atoms with E-state index in [1.165, 1.54) is 0 Å². The Labute approximate surface area is 87.5 Å². The third-order valence-corrected chi connectivity index (χ3v) is 2.44. The minimum Gasteiger partial charge on any atom is -0.391 e. The number of carbonyl (C=O) groups excluding carboxylic acids is 1.